The molecule has 7 nitrogen and oxygen atoms in total. The van der Waals surface area contributed by atoms with Gasteiger partial charge in [0.15, 0.2) is 0 Å². The first kappa shape index (κ1) is 13.4. The minimum Gasteiger partial charge on any atom is -0.383 e. The Bertz CT molecular complexity index is 464. The molecule has 0 saturated carbocycles. The van der Waals surface area contributed by atoms with Crippen LogP contribution in [-0.4, -0.2) is 46.0 Å². The zero-order valence-electron chi connectivity index (χ0n) is 11.0. The molecule has 1 atom stereocenters. The Labute approximate surface area is 111 Å². The van der Waals surface area contributed by atoms with E-state index in [9.17, 15) is 9.59 Å². The second-order valence-electron chi connectivity index (χ2n) is 4.78. The number of nitrogens with two attached hydrogens (primary N) is 1. The summed E-state index contributed by atoms with van der Waals surface area (Å²) in [6.45, 7) is 3.23. The molecule has 1 aliphatic heterocycles. The zero-order chi connectivity index (χ0) is 13.8. The van der Waals surface area contributed by atoms with Gasteiger partial charge in [0, 0.05) is 13.1 Å². The molecule has 7 heteroatoms. The van der Waals surface area contributed by atoms with Gasteiger partial charge in [-0.2, -0.15) is 5.10 Å². The van der Waals surface area contributed by atoms with Crippen LogP contribution in [0.5, 0.6) is 0 Å². The SMILES string of the molecule is CC(NC(=O)c1cn[nH]c1N)C(=O)N1CCCCC1. The first-order valence-electron chi connectivity index (χ1n) is 6.48. The number of likely N-dealkylation sites (tertiary alicyclic amines) is 1. The van der Waals surface area contributed by atoms with Crippen LogP contribution in [0.1, 0.15) is 36.5 Å². The number of hydrogen-bond acceptors (Lipinski definition) is 4. The number of hydrogen-bond donors (Lipinski definition) is 3. The smallest absolute Gasteiger partial charge is 0.257 e. The molecule has 4 N–H and O–H groups in total. The molecule has 104 valence electrons. The van der Waals surface area contributed by atoms with Gasteiger partial charge in [-0.1, -0.05) is 0 Å². The number of piperidine rings is 1. The van der Waals surface area contributed by atoms with E-state index in [0.29, 0.717) is 0 Å². The molecule has 1 aromatic rings. The third kappa shape index (κ3) is 3.04. The summed E-state index contributed by atoms with van der Waals surface area (Å²) < 4.78 is 0. The Balaban J connectivity index is 1.93. The van der Waals surface area contributed by atoms with Crippen LogP contribution in [0.25, 0.3) is 0 Å². The molecule has 19 heavy (non-hydrogen) atoms. The van der Waals surface area contributed by atoms with Crippen molar-refractivity contribution < 1.29 is 9.59 Å². The van der Waals surface area contributed by atoms with E-state index in [1.165, 1.54) is 6.20 Å². The summed E-state index contributed by atoms with van der Waals surface area (Å²) in [6.07, 6.45) is 4.57. The van der Waals surface area contributed by atoms with E-state index < -0.39 is 6.04 Å². The van der Waals surface area contributed by atoms with E-state index in [1.807, 2.05) is 0 Å². The number of carbonyl (C=O) groups excluding carboxylic acids is 2. The average molecular weight is 265 g/mol. The van der Waals surface area contributed by atoms with Crippen LogP contribution in [0, 0.1) is 0 Å². The van der Waals surface area contributed by atoms with Gasteiger partial charge >= 0.3 is 0 Å². The molecule has 2 rings (SSSR count). The average Bonchev–Trinajstić information content (AvgIpc) is 2.85. The van der Waals surface area contributed by atoms with Crippen LogP contribution in [0.4, 0.5) is 5.82 Å². The second-order valence-corrected chi connectivity index (χ2v) is 4.78. The van der Waals surface area contributed by atoms with Crippen molar-refractivity contribution in [1.29, 1.82) is 0 Å². The van der Waals surface area contributed by atoms with Crippen LogP contribution in [0.15, 0.2) is 6.20 Å². The van der Waals surface area contributed by atoms with Gasteiger partial charge in [0.05, 0.1) is 6.20 Å². The molecule has 1 unspecified atom stereocenters. The minimum absolute atomic E-state index is 0.0462. The van der Waals surface area contributed by atoms with Gasteiger partial charge in [-0.3, -0.25) is 14.7 Å². The summed E-state index contributed by atoms with van der Waals surface area (Å²) >= 11 is 0. The van der Waals surface area contributed by atoms with Crippen molar-refractivity contribution in [2.24, 2.45) is 0 Å². The number of nitrogens with zero attached hydrogens (tertiary/aromatic N) is 2. The van der Waals surface area contributed by atoms with E-state index in [0.717, 1.165) is 32.4 Å². The Kier molecular flexibility index (Phi) is 4.03. The summed E-state index contributed by atoms with van der Waals surface area (Å²) in [5, 5.41) is 8.82. The lowest BCUT2D eigenvalue weighted by Crippen LogP contribution is -2.48. The van der Waals surface area contributed by atoms with E-state index in [2.05, 4.69) is 15.5 Å². The molecule has 1 fully saturated rings. The lowest BCUT2D eigenvalue weighted by molar-refractivity contribution is -0.133. The molecule has 0 spiro atoms. The molecule has 1 aliphatic rings. The van der Waals surface area contributed by atoms with Crippen molar-refractivity contribution in [1.82, 2.24) is 20.4 Å². The van der Waals surface area contributed by atoms with Gasteiger partial charge in [-0.25, -0.2) is 0 Å². The van der Waals surface area contributed by atoms with Gasteiger partial charge in [0.1, 0.15) is 17.4 Å². The van der Waals surface area contributed by atoms with Crippen molar-refractivity contribution in [2.75, 3.05) is 18.8 Å². The monoisotopic (exact) mass is 265 g/mol. The molecule has 0 bridgehead atoms. The fourth-order valence-electron chi connectivity index (χ4n) is 2.20. The minimum atomic E-state index is -0.556. The van der Waals surface area contributed by atoms with Gasteiger partial charge in [-0.15, -0.1) is 0 Å². The number of nitrogens with one attached hydrogen (secondary N) is 2. The molecular weight excluding hydrogens is 246 g/mol. The van der Waals surface area contributed by atoms with Crippen molar-refractivity contribution in [3.63, 3.8) is 0 Å². The maximum Gasteiger partial charge on any atom is 0.257 e. The van der Waals surface area contributed by atoms with E-state index in [4.69, 9.17) is 5.73 Å². The molecule has 0 aliphatic carbocycles. The number of carbonyl (C=O) groups is 2. The van der Waals surface area contributed by atoms with E-state index >= 15 is 0 Å². The predicted molar refractivity (Wildman–Crippen MR) is 70.4 cm³/mol. The topological polar surface area (TPSA) is 104 Å². The summed E-state index contributed by atoms with van der Waals surface area (Å²) in [5.74, 6) is -0.227. The maximum absolute atomic E-state index is 12.1. The number of rotatable bonds is 3. The van der Waals surface area contributed by atoms with Crippen molar-refractivity contribution >= 4 is 17.6 Å². The van der Waals surface area contributed by atoms with Crippen LogP contribution >= 0.6 is 0 Å². The second kappa shape index (κ2) is 5.73. The molecule has 1 saturated heterocycles. The number of aromatic amines is 1. The fourth-order valence-corrected chi connectivity index (χ4v) is 2.20. The lowest BCUT2D eigenvalue weighted by atomic mass is 10.1. The number of anilines is 1. The van der Waals surface area contributed by atoms with Crippen LogP contribution < -0.4 is 11.1 Å². The zero-order valence-corrected chi connectivity index (χ0v) is 11.0. The quantitative estimate of drug-likeness (QED) is 0.722. The molecule has 0 radical (unpaired) electrons. The largest absolute Gasteiger partial charge is 0.383 e. The first-order chi connectivity index (χ1) is 9.09. The number of aromatic nitrogens is 2. The van der Waals surface area contributed by atoms with Gasteiger partial charge in [0.25, 0.3) is 5.91 Å². The van der Waals surface area contributed by atoms with Crippen LogP contribution in [0.3, 0.4) is 0 Å². The van der Waals surface area contributed by atoms with E-state index in [1.54, 1.807) is 11.8 Å². The molecule has 2 heterocycles. The Morgan fingerprint density at radius 2 is 2.11 bits per heavy atom. The van der Waals surface area contributed by atoms with Crippen LogP contribution in [0.2, 0.25) is 0 Å². The Hall–Kier alpha value is -2.05. The van der Waals surface area contributed by atoms with Gasteiger partial charge in [0.2, 0.25) is 5.91 Å². The predicted octanol–water partition coefficient (Wildman–Crippen LogP) is 0.123. The highest BCUT2D eigenvalue weighted by Crippen LogP contribution is 2.11. The number of nitrogen functional groups attached to an aromatic ring is 1. The summed E-state index contributed by atoms with van der Waals surface area (Å²) in [5.41, 5.74) is 5.82. The summed E-state index contributed by atoms with van der Waals surface area (Å²) in [6, 6.07) is -0.556. The Morgan fingerprint density at radius 3 is 2.68 bits per heavy atom. The highest BCUT2D eigenvalue weighted by atomic mass is 16.2. The molecule has 1 aromatic heterocycles. The van der Waals surface area contributed by atoms with Crippen molar-refractivity contribution in [3.8, 4) is 0 Å². The number of amides is 2. The summed E-state index contributed by atoms with van der Waals surface area (Å²) in [4.78, 5) is 25.8. The highest BCUT2D eigenvalue weighted by Gasteiger charge is 2.24. The fraction of sp³-hybridized carbons (Fsp3) is 0.583. The van der Waals surface area contributed by atoms with E-state index in [-0.39, 0.29) is 23.2 Å². The van der Waals surface area contributed by atoms with Crippen molar-refractivity contribution in [2.45, 2.75) is 32.2 Å². The molecule has 2 amide bonds. The Morgan fingerprint density at radius 1 is 1.42 bits per heavy atom. The van der Waals surface area contributed by atoms with Gasteiger partial charge in [-0.05, 0) is 26.2 Å². The third-order valence-electron chi connectivity index (χ3n) is 3.30. The maximum atomic E-state index is 12.1. The first-order valence-corrected chi connectivity index (χ1v) is 6.48. The van der Waals surface area contributed by atoms with Gasteiger partial charge < -0.3 is 16.0 Å². The number of H-pyrrole nitrogens is 1. The van der Waals surface area contributed by atoms with Crippen LogP contribution in [-0.2, 0) is 4.79 Å². The molecular formula is C12H19N5O2. The normalized spacial score (nSPS) is 17.0. The molecule has 0 aromatic carbocycles. The standard InChI is InChI=1S/C12H19N5O2/c1-8(12(19)17-5-3-2-4-6-17)15-11(18)9-7-14-16-10(9)13/h7-8H,2-6H2,1H3,(H,15,18)(H3,13,14,16). The summed E-state index contributed by atoms with van der Waals surface area (Å²) in [7, 11) is 0. The van der Waals surface area contributed by atoms with Crippen molar-refractivity contribution in [3.05, 3.63) is 11.8 Å². The highest BCUT2D eigenvalue weighted by molar-refractivity contribution is 6.00. The lowest BCUT2D eigenvalue weighted by Gasteiger charge is -2.29. The third-order valence-corrected chi connectivity index (χ3v) is 3.30.